The fraction of sp³-hybridized carbons (Fsp3) is 0. The number of aromatic nitrogens is 2. The van der Waals surface area contributed by atoms with Crippen molar-refractivity contribution in [2.75, 3.05) is 0 Å². The Labute approximate surface area is 277 Å². The molecule has 1 aromatic heterocycles. The van der Waals surface area contributed by atoms with E-state index in [0.29, 0.717) is 0 Å². The van der Waals surface area contributed by atoms with E-state index in [0.717, 1.165) is 33.5 Å². The van der Waals surface area contributed by atoms with E-state index in [-0.39, 0.29) is 5.69 Å². The van der Waals surface area contributed by atoms with Gasteiger partial charge in [-0.25, -0.2) is 4.79 Å². The van der Waals surface area contributed by atoms with E-state index >= 15 is 0 Å². The molecule has 0 unspecified atom stereocenters. The van der Waals surface area contributed by atoms with Gasteiger partial charge >= 0.3 is 5.69 Å². The van der Waals surface area contributed by atoms with Crippen LogP contribution in [0.25, 0.3) is 88.5 Å². The smallest absolute Gasteiger partial charge is 0.260 e. The molecule has 0 atom stereocenters. The summed E-state index contributed by atoms with van der Waals surface area (Å²) in [5.74, 6) is 0. The highest BCUT2D eigenvalue weighted by molar-refractivity contribution is 6.18. The predicted molar refractivity (Wildman–Crippen MR) is 199 cm³/mol. The lowest BCUT2D eigenvalue weighted by molar-refractivity contribution is 0.931. The third kappa shape index (κ3) is 3.91. The Kier molecular flexibility index (Phi) is 5.73. The van der Waals surface area contributed by atoms with Crippen LogP contribution < -0.4 is 5.69 Å². The third-order valence-corrected chi connectivity index (χ3v) is 9.90. The fourth-order valence-electron chi connectivity index (χ4n) is 7.70. The average Bonchev–Trinajstić information content (AvgIpc) is 3.64. The first-order valence-electron chi connectivity index (χ1n) is 16.3. The molecule has 0 aliphatic heterocycles. The van der Waals surface area contributed by atoms with Crippen LogP contribution in [-0.4, -0.2) is 9.13 Å². The van der Waals surface area contributed by atoms with Crippen LogP contribution in [0.3, 0.4) is 0 Å². The maximum Gasteiger partial charge on any atom is 0.338 e. The zero-order valence-corrected chi connectivity index (χ0v) is 26.0. The summed E-state index contributed by atoms with van der Waals surface area (Å²) in [6, 6.07) is 59.5. The van der Waals surface area contributed by atoms with E-state index < -0.39 is 0 Å². The van der Waals surface area contributed by atoms with Gasteiger partial charge in [0.2, 0.25) is 0 Å². The highest BCUT2D eigenvalue weighted by Gasteiger charge is 2.22. The number of hydrogen-bond acceptors (Lipinski definition) is 1. The van der Waals surface area contributed by atoms with E-state index in [1.165, 1.54) is 54.9 Å². The molecule has 1 aliphatic carbocycles. The molecule has 0 spiro atoms. The second kappa shape index (κ2) is 10.3. The molecule has 0 saturated heterocycles. The van der Waals surface area contributed by atoms with Gasteiger partial charge in [-0.05, 0) is 115 Å². The molecule has 224 valence electrons. The van der Waals surface area contributed by atoms with Gasteiger partial charge in [0.05, 0.1) is 22.4 Å². The normalized spacial score (nSPS) is 11.8. The summed E-state index contributed by atoms with van der Waals surface area (Å²) >= 11 is 0. The van der Waals surface area contributed by atoms with Gasteiger partial charge in [-0.3, -0.25) is 9.13 Å². The maximum absolute atomic E-state index is 14.0. The van der Waals surface area contributed by atoms with Crippen LogP contribution >= 0.6 is 0 Å². The standard InChI is InChI=1S/C45H28N2O/c48-45-46(34-11-2-1-3-12-34)42-18-6-7-19-43(42)47(45)35-13-8-10-29(28-35)30-20-21-32-27-33(23-22-31(32)26-30)36-24-25-41-38-15-5-4-14-37(38)40-17-9-16-39(36)44(40)41/h1-28H. The summed E-state index contributed by atoms with van der Waals surface area (Å²) < 4.78 is 3.60. The summed E-state index contributed by atoms with van der Waals surface area (Å²) in [6.45, 7) is 0. The van der Waals surface area contributed by atoms with Gasteiger partial charge in [-0.2, -0.15) is 0 Å². The SMILES string of the molecule is O=c1n(-c2ccccc2)c2ccccc2n1-c1cccc(-c2ccc3cc(-c4ccc5c6c(cccc46)-c4ccccc4-5)ccc3c2)c1. The third-order valence-electron chi connectivity index (χ3n) is 9.90. The first-order valence-corrected chi connectivity index (χ1v) is 16.3. The minimum Gasteiger partial charge on any atom is -0.260 e. The van der Waals surface area contributed by atoms with E-state index in [4.69, 9.17) is 0 Å². The van der Waals surface area contributed by atoms with Gasteiger partial charge in [0.15, 0.2) is 0 Å². The fourth-order valence-corrected chi connectivity index (χ4v) is 7.70. The summed E-state index contributed by atoms with van der Waals surface area (Å²) in [5, 5.41) is 5.01. The van der Waals surface area contributed by atoms with Crippen molar-refractivity contribution >= 4 is 32.6 Å². The number of rotatable bonds is 4. The minimum atomic E-state index is -0.0856. The second-order valence-corrected chi connectivity index (χ2v) is 12.5. The molecule has 10 rings (SSSR count). The van der Waals surface area contributed by atoms with E-state index in [2.05, 4.69) is 103 Å². The molecule has 1 aliphatic rings. The van der Waals surface area contributed by atoms with Gasteiger partial charge < -0.3 is 0 Å². The molecule has 3 heteroatoms. The average molecular weight is 613 g/mol. The van der Waals surface area contributed by atoms with Crippen LogP contribution in [0.15, 0.2) is 175 Å². The number of nitrogens with zero attached hydrogens (tertiary/aromatic N) is 2. The molecule has 0 saturated carbocycles. The zero-order valence-electron chi connectivity index (χ0n) is 26.0. The van der Waals surface area contributed by atoms with E-state index in [9.17, 15) is 4.79 Å². The number of imidazole rings is 1. The van der Waals surface area contributed by atoms with Crippen molar-refractivity contribution in [1.29, 1.82) is 0 Å². The summed E-state index contributed by atoms with van der Waals surface area (Å²) in [5.41, 5.74) is 13.3. The molecular weight excluding hydrogens is 585 g/mol. The molecule has 1 heterocycles. The number of benzene rings is 8. The molecule has 0 N–H and O–H groups in total. The highest BCUT2D eigenvalue weighted by Crippen LogP contribution is 2.49. The largest absolute Gasteiger partial charge is 0.338 e. The van der Waals surface area contributed by atoms with Crippen LogP contribution in [0.5, 0.6) is 0 Å². The van der Waals surface area contributed by atoms with Crippen LogP contribution in [0.1, 0.15) is 0 Å². The van der Waals surface area contributed by atoms with Crippen molar-refractivity contribution in [2.24, 2.45) is 0 Å². The Bertz CT molecular complexity index is 2770. The summed E-state index contributed by atoms with van der Waals surface area (Å²) in [4.78, 5) is 14.0. The minimum absolute atomic E-state index is 0.0856. The molecular formula is C45H28N2O. The van der Waals surface area contributed by atoms with Crippen molar-refractivity contribution in [3.05, 3.63) is 180 Å². The van der Waals surface area contributed by atoms with Gasteiger partial charge in [-0.15, -0.1) is 0 Å². The zero-order chi connectivity index (χ0) is 31.8. The van der Waals surface area contributed by atoms with Crippen LogP contribution in [-0.2, 0) is 0 Å². The molecule has 9 aromatic rings. The topological polar surface area (TPSA) is 26.9 Å². The lowest BCUT2D eigenvalue weighted by Gasteiger charge is -2.12. The van der Waals surface area contributed by atoms with Gasteiger partial charge in [0, 0.05) is 0 Å². The number of fused-ring (bicyclic) bond motifs is 5. The van der Waals surface area contributed by atoms with Crippen molar-refractivity contribution < 1.29 is 0 Å². The summed E-state index contributed by atoms with van der Waals surface area (Å²) in [6.07, 6.45) is 0. The van der Waals surface area contributed by atoms with Crippen molar-refractivity contribution in [1.82, 2.24) is 9.13 Å². The number of para-hydroxylation sites is 3. The van der Waals surface area contributed by atoms with Gasteiger partial charge in [0.25, 0.3) is 0 Å². The Balaban J connectivity index is 1.05. The van der Waals surface area contributed by atoms with Crippen LogP contribution in [0.4, 0.5) is 0 Å². The van der Waals surface area contributed by atoms with Gasteiger partial charge in [-0.1, -0.05) is 121 Å². The van der Waals surface area contributed by atoms with Crippen molar-refractivity contribution in [2.45, 2.75) is 0 Å². The van der Waals surface area contributed by atoms with E-state index in [1.54, 1.807) is 4.57 Å². The monoisotopic (exact) mass is 612 g/mol. The predicted octanol–water partition coefficient (Wildman–Crippen LogP) is 11.1. The Morgan fingerprint density at radius 2 is 0.896 bits per heavy atom. The van der Waals surface area contributed by atoms with Crippen molar-refractivity contribution in [3.63, 3.8) is 0 Å². The number of hydrogen-bond donors (Lipinski definition) is 0. The molecule has 0 bridgehead atoms. The molecule has 0 radical (unpaired) electrons. The quantitative estimate of drug-likeness (QED) is 0.194. The second-order valence-electron chi connectivity index (χ2n) is 12.5. The molecule has 0 fully saturated rings. The van der Waals surface area contributed by atoms with Crippen molar-refractivity contribution in [3.8, 4) is 55.9 Å². The first-order chi connectivity index (χ1) is 23.7. The van der Waals surface area contributed by atoms with Crippen LogP contribution in [0, 0.1) is 0 Å². The van der Waals surface area contributed by atoms with Gasteiger partial charge in [0.1, 0.15) is 0 Å². The Morgan fingerprint density at radius 3 is 1.67 bits per heavy atom. The lowest BCUT2D eigenvalue weighted by Crippen LogP contribution is -2.22. The Morgan fingerprint density at radius 1 is 0.354 bits per heavy atom. The van der Waals surface area contributed by atoms with Crippen LogP contribution in [0.2, 0.25) is 0 Å². The lowest BCUT2D eigenvalue weighted by atomic mass is 9.92. The molecule has 0 amide bonds. The summed E-state index contributed by atoms with van der Waals surface area (Å²) in [7, 11) is 0. The maximum atomic E-state index is 14.0. The molecule has 3 nitrogen and oxygen atoms in total. The first kappa shape index (κ1) is 26.7. The molecule has 8 aromatic carbocycles. The van der Waals surface area contributed by atoms with E-state index in [1.807, 2.05) is 71.3 Å². The Hall–Kier alpha value is -6.45. The highest BCUT2D eigenvalue weighted by atomic mass is 16.1. The molecule has 48 heavy (non-hydrogen) atoms.